The number of fused-ring (bicyclic) bond motifs is 1. The van der Waals surface area contributed by atoms with Crippen molar-refractivity contribution in [3.05, 3.63) is 64.8 Å². The number of para-hydroxylation sites is 1. The lowest BCUT2D eigenvalue weighted by Gasteiger charge is -2.31. The van der Waals surface area contributed by atoms with Crippen LogP contribution in [0.25, 0.3) is 10.9 Å². The molecule has 1 aromatic heterocycles. The predicted molar refractivity (Wildman–Crippen MR) is 139 cm³/mol. The molecule has 1 saturated heterocycles. The minimum absolute atomic E-state index is 0.0232. The third kappa shape index (κ3) is 5.90. The molecule has 0 spiro atoms. The summed E-state index contributed by atoms with van der Waals surface area (Å²) >= 11 is 6.10. The van der Waals surface area contributed by atoms with Gasteiger partial charge in [0.2, 0.25) is 5.91 Å². The summed E-state index contributed by atoms with van der Waals surface area (Å²) in [4.78, 5) is 29.1. The van der Waals surface area contributed by atoms with Crippen molar-refractivity contribution in [1.82, 2.24) is 10.3 Å². The van der Waals surface area contributed by atoms with Crippen LogP contribution >= 0.6 is 11.6 Å². The van der Waals surface area contributed by atoms with E-state index >= 15 is 0 Å². The first-order valence-electron chi connectivity index (χ1n) is 12.7. The number of ether oxygens (including phenoxy) is 2. The van der Waals surface area contributed by atoms with Crippen LogP contribution in [0.4, 0.5) is 18.9 Å². The number of nitrogens with zero attached hydrogens (tertiary/aromatic N) is 1. The van der Waals surface area contributed by atoms with E-state index in [1.807, 2.05) is 0 Å². The van der Waals surface area contributed by atoms with Crippen LogP contribution < -0.4 is 15.4 Å². The molecule has 1 saturated carbocycles. The fraction of sp³-hybridized carbons (Fsp3) is 0.393. The Bertz CT molecular complexity index is 1390. The Balaban J connectivity index is 1.24. The molecule has 2 fully saturated rings. The van der Waals surface area contributed by atoms with Crippen LogP contribution in [-0.2, 0) is 20.5 Å². The normalized spacial score (nSPS) is 23.4. The molecule has 0 unspecified atom stereocenters. The number of nitrogens with one attached hydrogen (secondary N) is 2. The molecule has 2 heterocycles. The summed E-state index contributed by atoms with van der Waals surface area (Å²) in [5, 5.41) is 7.22. The molecule has 2 aromatic carbocycles. The zero-order valence-electron chi connectivity index (χ0n) is 21.1. The zero-order valence-corrected chi connectivity index (χ0v) is 21.8. The maximum absolute atomic E-state index is 13.5. The Morgan fingerprint density at radius 2 is 1.79 bits per heavy atom. The van der Waals surface area contributed by atoms with E-state index in [2.05, 4.69) is 15.6 Å². The Kier molecular flexibility index (Phi) is 7.57. The first-order valence-corrected chi connectivity index (χ1v) is 13.1. The molecule has 0 bridgehead atoms. The van der Waals surface area contributed by atoms with Crippen LogP contribution in [0, 0.1) is 5.92 Å². The Morgan fingerprint density at radius 3 is 2.51 bits per heavy atom. The van der Waals surface area contributed by atoms with Gasteiger partial charge in [-0.15, -0.1) is 0 Å². The van der Waals surface area contributed by atoms with Crippen LogP contribution in [0.15, 0.2) is 48.5 Å². The molecule has 11 heteroatoms. The summed E-state index contributed by atoms with van der Waals surface area (Å²) in [7, 11) is 1.52. The highest BCUT2D eigenvalue weighted by atomic mass is 35.5. The Hall–Kier alpha value is -3.53. The van der Waals surface area contributed by atoms with Gasteiger partial charge in [0.25, 0.3) is 0 Å². The van der Waals surface area contributed by atoms with E-state index < -0.39 is 29.9 Å². The predicted octanol–water partition coefficient (Wildman–Crippen LogP) is 6.06. The van der Waals surface area contributed by atoms with Crippen LogP contribution in [0.3, 0.4) is 0 Å². The van der Waals surface area contributed by atoms with Crippen molar-refractivity contribution in [2.45, 2.75) is 56.5 Å². The number of aromatic nitrogens is 1. The Labute approximate surface area is 228 Å². The van der Waals surface area contributed by atoms with Gasteiger partial charge in [-0.05, 0) is 56.0 Å². The maximum atomic E-state index is 13.5. The number of carbonyl (C=O) groups is 2. The molecule has 39 heavy (non-hydrogen) atoms. The number of esters is 1. The van der Waals surface area contributed by atoms with Crippen molar-refractivity contribution >= 4 is 40.1 Å². The molecule has 3 aromatic rings. The summed E-state index contributed by atoms with van der Waals surface area (Å²) < 4.78 is 51.3. The second kappa shape index (κ2) is 10.9. The second-order valence-corrected chi connectivity index (χ2v) is 10.3. The van der Waals surface area contributed by atoms with Crippen molar-refractivity contribution in [2.24, 2.45) is 5.92 Å². The fourth-order valence-electron chi connectivity index (χ4n) is 5.34. The largest absolute Gasteiger partial charge is 0.496 e. The monoisotopic (exact) mass is 561 g/mol. The number of pyridine rings is 1. The van der Waals surface area contributed by atoms with E-state index in [4.69, 9.17) is 21.1 Å². The van der Waals surface area contributed by atoms with Crippen molar-refractivity contribution in [2.75, 3.05) is 12.4 Å². The standard InChI is InChI=1S/C28H27ClF3N3O4/c1-38-23-5-3-2-4-18(23)26-20(13-25(36)39-26)27(37)34-17-9-7-16(8-10-17)33-22-14-24(28(30,31)32)35-21-11-6-15(29)12-19(21)22/h2-6,11-12,14,16-17,20,26H,7-10,13H2,1H3,(H,33,35)(H,34,37)/t16?,17?,20-,26+/m1/s1. The van der Waals surface area contributed by atoms with Gasteiger partial charge in [-0.1, -0.05) is 29.8 Å². The number of carbonyl (C=O) groups excluding carboxylic acids is 2. The molecule has 7 nitrogen and oxygen atoms in total. The number of rotatable bonds is 6. The SMILES string of the molecule is COc1ccccc1[C@@H]1OC(=O)C[C@H]1C(=O)NC1CCC(Nc2cc(C(F)(F)F)nc3ccc(Cl)cc23)CC1. The van der Waals surface area contributed by atoms with Crippen LogP contribution in [-0.4, -0.2) is 36.1 Å². The van der Waals surface area contributed by atoms with Crippen molar-refractivity contribution in [3.63, 3.8) is 0 Å². The number of methoxy groups -OCH3 is 1. The van der Waals surface area contributed by atoms with E-state index in [-0.39, 0.29) is 29.9 Å². The van der Waals surface area contributed by atoms with Gasteiger partial charge in [-0.3, -0.25) is 9.59 Å². The van der Waals surface area contributed by atoms with E-state index in [1.165, 1.54) is 19.2 Å². The number of anilines is 1. The first kappa shape index (κ1) is 27.1. The minimum atomic E-state index is -4.58. The number of hydrogen-bond acceptors (Lipinski definition) is 6. The van der Waals surface area contributed by atoms with Crippen molar-refractivity contribution in [3.8, 4) is 5.75 Å². The van der Waals surface area contributed by atoms with Crippen LogP contribution in [0.5, 0.6) is 5.75 Å². The quantitative estimate of drug-likeness (QED) is 0.356. The number of alkyl halides is 3. The molecule has 2 atom stereocenters. The van der Waals surface area contributed by atoms with Gasteiger partial charge in [-0.2, -0.15) is 13.2 Å². The summed E-state index contributed by atoms with van der Waals surface area (Å²) in [6, 6.07) is 12.5. The van der Waals surface area contributed by atoms with Crippen LogP contribution in [0.1, 0.15) is 49.5 Å². The van der Waals surface area contributed by atoms with Gasteiger partial charge < -0.3 is 20.1 Å². The van der Waals surface area contributed by atoms with Gasteiger partial charge in [0.05, 0.1) is 25.0 Å². The lowest BCUT2D eigenvalue weighted by molar-refractivity contribution is -0.142. The van der Waals surface area contributed by atoms with E-state index in [0.717, 1.165) is 6.07 Å². The zero-order chi connectivity index (χ0) is 27.7. The molecule has 1 aliphatic carbocycles. The number of benzene rings is 2. The fourth-order valence-corrected chi connectivity index (χ4v) is 5.52. The maximum Gasteiger partial charge on any atom is 0.433 e. The summed E-state index contributed by atoms with van der Waals surface area (Å²) in [6.07, 6.45) is -2.83. The molecule has 0 radical (unpaired) electrons. The topological polar surface area (TPSA) is 89.5 Å². The second-order valence-electron chi connectivity index (χ2n) is 9.88. The highest BCUT2D eigenvalue weighted by molar-refractivity contribution is 6.31. The average Bonchev–Trinajstić information content (AvgIpc) is 3.31. The number of halogens is 4. The third-order valence-electron chi connectivity index (χ3n) is 7.29. The summed E-state index contributed by atoms with van der Waals surface area (Å²) in [5.74, 6) is -0.849. The average molecular weight is 562 g/mol. The highest BCUT2D eigenvalue weighted by Crippen LogP contribution is 2.40. The molecule has 1 amide bonds. The highest BCUT2D eigenvalue weighted by Gasteiger charge is 2.42. The molecule has 2 N–H and O–H groups in total. The summed E-state index contributed by atoms with van der Waals surface area (Å²) in [5.41, 5.74) is 0.194. The molecular weight excluding hydrogens is 535 g/mol. The number of hydrogen-bond donors (Lipinski definition) is 2. The van der Waals surface area contributed by atoms with Crippen molar-refractivity contribution < 1.29 is 32.2 Å². The Morgan fingerprint density at radius 1 is 1.08 bits per heavy atom. The molecule has 206 valence electrons. The number of amides is 1. The van der Waals surface area contributed by atoms with Gasteiger partial charge in [-0.25, -0.2) is 4.98 Å². The lowest BCUT2D eigenvalue weighted by Crippen LogP contribution is -2.43. The van der Waals surface area contributed by atoms with Gasteiger partial charge >= 0.3 is 12.1 Å². The molecule has 5 rings (SSSR count). The van der Waals surface area contributed by atoms with Crippen LogP contribution in [0.2, 0.25) is 5.02 Å². The molecule has 1 aliphatic heterocycles. The van der Waals surface area contributed by atoms with Crippen molar-refractivity contribution in [1.29, 1.82) is 0 Å². The van der Waals surface area contributed by atoms with Gasteiger partial charge in [0.15, 0.2) is 0 Å². The van der Waals surface area contributed by atoms with Gasteiger partial charge in [0, 0.05) is 33.7 Å². The minimum Gasteiger partial charge on any atom is -0.496 e. The third-order valence-corrected chi connectivity index (χ3v) is 7.52. The summed E-state index contributed by atoms with van der Waals surface area (Å²) in [6.45, 7) is 0. The van der Waals surface area contributed by atoms with E-state index in [9.17, 15) is 22.8 Å². The molecule has 2 aliphatic rings. The lowest BCUT2D eigenvalue weighted by atomic mass is 9.89. The van der Waals surface area contributed by atoms with E-state index in [1.54, 1.807) is 30.3 Å². The molecular formula is C28H27ClF3N3O4. The smallest absolute Gasteiger partial charge is 0.433 e. The first-order chi connectivity index (χ1) is 18.6. The number of cyclic esters (lactones) is 1. The van der Waals surface area contributed by atoms with E-state index in [0.29, 0.717) is 53.1 Å². The van der Waals surface area contributed by atoms with Gasteiger partial charge in [0.1, 0.15) is 17.5 Å².